The summed E-state index contributed by atoms with van der Waals surface area (Å²) in [7, 11) is 1.86. The number of hydrogen-bond donors (Lipinski definition) is 0. The van der Waals surface area contributed by atoms with E-state index in [-0.39, 0.29) is 5.82 Å². The van der Waals surface area contributed by atoms with E-state index in [0.29, 0.717) is 28.2 Å². The van der Waals surface area contributed by atoms with Gasteiger partial charge >= 0.3 is 0 Å². The molecule has 0 atom stereocenters. The fraction of sp³-hybridized carbons (Fsp3) is 0.200. The van der Waals surface area contributed by atoms with E-state index in [4.69, 9.17) is 11.6 Å². The van der Waals surface area contributed by atoms with Crippen molar-refractivity contribution in [1.82, 2.24) is 9.97 Å². The topological polar surface area (TPSA) is 29.0 Å². The fourth-order valence-corrected chi connectivity index (χ4v) is 3.01. The van der Waals surface area contributed by atoms with E-state index in [2.05, 4.69) is 9.97 Å². The summed E-state index contributed by atoms with van der Waals surface area (Å²) in [5, 5.41) is 4.13. The average Bonchev–Trinajstić information content (AvgIpc) is 2.99. The maximum atomic E-state index is 14.6. The standard InChI is InChI=1S/C15H13ClFN3S/c1-20(8-5-13-18-7-9-21-13)12-3-2-10-11(16)4-6-19-15(10)14(12)17/h2-4,6-7,9H,5,8H2,1H3. The number of fused-ring (bicyclic) bond motifs is 1. The van der Waals surface area contributed by atoms with Crippen LogP contribution in [0, 0.1) is 5.82 Å². The Balaban J connectivity index is 1.88. The lowest BCUT2D eigenvalue weighted by Crippen LogP contribution is -2.21. The van der Waals surface area contributed by atoms with E-state index >= 15 is 0 Å². The van der Waals surface area contributed by atoms with Gasteiger partial charge in [0.15, 0.2) is 5.82 Å². The number of aromatic nitrogens is 2. The third-order valence-electron chi connectivity index (χ3n) is 3.33. The van der Waals surface area contributed by atoms with Crippen LogP contribution in [0.1, 0.15) is 5.01 Å². The van der Waals surface area contributed by atoms with Gasteiger partial charge in [-0.3, -0.25) is 4.98 Å². The van der Waals surface area contributed by atoms with Crippen molar-refractivity contribution >= 4 is 39.5 Å². The van der Waals surface area contributed by atoms with Gasteiger partial charge in [0.05, 0.1) is 15.7 Å². The van der Waals surface area contributed by atoms with Gasteiger partial charge in [-0.05, 0) is 18.2 Å². The minimum atomic E-state index is -0.336. The van der Waals surface area contributed by atoms with Crippen LogP contribution in [0.15, 0.2) is 36.0 Å². The van der Waals surface area contributed by atoms with Crippen LogP contribution < -0.4 is 4.90 Å². The zero-order valence-electron chi connectivity index (χ0n) is 11.4. The van der Waals surface area contributed by atoms with E-state index in [9.17, 15) is 4.39 Å². The van der Waals surface area contributed by atoms with Crippen LogP contribution in [0.4, 0.5) is 10.1 Å². The van der Waals surface area contributed by atoms with E-state index < -0.39 is 0 Å². The lowest BCUT2D eigenvalue weighted by molar-refractivity contribution is 0.631. The predicted octanol–water partition coefficient (Wildman–Crippen LogP) is 4.16. The summed E-state index contributed by atoms with van der Waals surface area (Å²) >= 11 is 7.67. The first-order chi connectivity index (χ1) is 10.2. The summed E-state index contributed by atoms with van der Waals surface area (Å²) in [6.07, 6.45) is 4.09. The second kappa shape index (κ2) is 5.95. The Bertz CT molecular complexity index is 761. The molecule has 0 aliphatic rings. The summed E-state index contributed by atoms with van der Waals surface area (Å²) in [6.45, 7) is 0.691. The number of thiazole rings is 1. The zero-order valence-corrected chi connectivity index (χ0v) is 13.0. The molecule has 0 fully saturated rings. The first-order valence-corrected chi connectivity index (χ1v) is 7.75. The highest BCUT2D eigenvalue weighted by atomic mass is 35.5. The number of rotatable bonds is 4. The van der Waals surface area contributed by atoms with Gasteiger partial charge < -0.3 is 4.90 Å². The predicted molar refractivity (Wildman–Crippen MR) is 85.8 cm³/mol. The molecule has 2 heterocycles. The quantitative estimate of drug-likeness (QED) is 0.722. The van der Waals surface area contributed by atoms with Crippen LogP contribution in [0.2, 0.25) is 5.02 Å². The van der Waals surface area contributed by atoms with Gasteiger partial charge in [0, 0.05) is 43.2 Å². The maximum absolute atomic E-state index is 14.6. The highest BCUT2D eigenvalue weighted by Crippen LogP contribution is 2.29. The SMILES string of the molecule is CN(CCc1nccs1)c1ccc2c(Cl)ccnc2c1F. The van der Waals surface area contributed by atoms with Crippen molar-refractivity contribution < 1.29 is 4.39 Å². The van der Waals surface area contributed by atoms with Gasteiger partial charge in [-0.25, -0.2) is 9.37 Å². The van der Waals surface area contributed by atoms with Crippen molar-refractivity contribution in [1.29, 1.82) is 0 Å². The summed E-state index contributed by atoms with van der Waals surface area (Å²) in [6, 6.07) is 5.21. The largest absolute Gasteiger partial charge is 0.372 e. The second-order valence-corrected chi connectivity index (χ2v) is 6.07. The number of halogens is 2. The van der Waals surface area contributed by atoms with Crippen molar-refractivity contribution in [2.45, 2.75) is 6.42 Å². The molecular formula is C15H13ClFN3S. The molecule has 6 heteroatoms. The van der Waals surface area contributed by atoms with Crippen molar-refractivity contribution in [3.63, 3.8) is 0 Å². The first kappa shape index (κ1) is 14.2. The molecule has 21 heavy (non-hydrogen) atoms. The van der Waals surface area contributed by atoms with Gasteiger partial charge in [0.25, 0.3) is 0 Å². The van der Waals surface area contributed by atoms with E-state index in [1.54, 1.807) is 29.7 Å². The molecule has 3 nitrogen and oxygen atoms in total. The van der Waals surface area contributed by atoms with Gasteiger partial charge in [-0.15, -0.1) is 11.3 Å². The van der Waals surface area contributed by atoms with Crippen molar-refractivity contribution in [3.05, 3.63) is 51.8 Å². The van der Waals surface area contributed by atoms with Gasteiger partial charge in [0.2, 0.25) is 0 Å². The molecule has 0 N–H and O–H groups in total. The third-order valence-corrected chi connectivity index (χ3v) is 4.50. The molecule has 0 aliphatic carbocycles. The molecule has 0 aliphatic heterocycles. The van der Waals surface area contributed by atoms with E-state index in [1.807, 2.05) is 23.4 Å². The highest BCUT2D eigenvalue weighted by Gasteiger charge is 2.14. The van der Waals surface area contributed by atoms with Crippen LogP contribution in [0.25, 0.3) is 10.9 Å². The normalized spacial score (nSPS) is 11.0. The molecule has 0 unspecified atom stereocenters. The van der Waals surface area contributed by atoms with Crippen molar-refractivity contribution in [2.24, 2.45) is 0 Å². The number of likely N-dealkylation sites (N-methyl/N-ethyl adjacent to an activating group) is 1. The number of anilines is 1. The van der Waals surface area contributed by atoms with E-state index in [1.165, 1.54) is 6.20 Å². The Hall–Kier alpha value is -1.72. The smallest absolute Gasteiger partial charge is 0.172 e. The summed E-state index contributed by atoms with van der Waals surface area (Å²) in [4.78, 5) is 10.2. The van der Waals surface area contributed by atoms with Crippen LogP contribution in [0.3, 0.4) is 0 Å². The Morgan fingerprint density at radius 2 is 2.10 bits per heavy atom. The average molecular weight is 322 g/mol. The molecule has 0 spiro atoms. The first-order valence-electron chi connectivity index (χ1n) is 6.49. The lowest BCUT2D eigenvalue weighted by Gasteiger charge is -2.20. The summed E-state index contributed by atoms with van der Waals surface area (Å²) in [5.41, 5.74) is 0.829. The van der Waals surface area contributed by atoms with Crippen molar-refractivity contribution in [2.75, 3.05) is 18.5 Å². The summed E-state index contributed by atoms with van der Waals surface area (Å²) < 4.78 is 14.6. The molecule has 0 radical (unpaired) electrons. The van der Waals surface area contributed by atoms with Gasteiger partial charge in [-0.2, -0.15) is 0 Å². The number of nitrogens with zero attached hydrogens (tertiary/aromatic N) is 3. The van der Waals surface area contributed by atoms with Gasteiger partial charge in [-0.1, -0.05) is 11.6 Å². The van der Waals surface area contributed by atoms with Gasteiger partial charge in [0.1, 0.15) is 5.52 Å². The molecule has 3 aromatic rings. The molecule has 0 bridgehead atoms. The Morgan fingerprint density at radius 3 is 2.86 bits per heavy atom. The van der Waals surface area contributed by atoms with Crippen LogP contribution in [0.5, 0.6) is 0 Å². The molecule has 0 saturated heterocycles. The molecule has 3 rings (SSSR count). The molecule has 0 saturated carbocycles. The molecule has 2 aromatic heterocycles. The Morgan fingerprint density at radius 1 is 1.24 bits per heavy atom. The summed E-state index contributed by atoms with van der Waals surface area (Å²) in [5.74, 6) is -0.336. The molecular weight excluding hydrogens is 309 g/mol. The number of hydrogen-bond acceptors (Lipinski definition) is 4. The Kier molecular flexibility index (Phi) is 4.03. The van der Waals surface area contributed by atoms with Crippen LogP contribution in [-0.4, -0.2) is 23.6 Å². The maximum Gasteiger partial charge on any atom is 0.172 e. The Labute approximate surface area is 131 Å². The monoisotopic (exact) mass is 321 g/mol. The van der Waals surface area contributed by atoms with Crippen molar-refractivity contribution in [3.8, 4) is 0 Å². The van der Waals surface area contributed by atoms with Crippen LogP contribution in [-0.2, 0) is 6.42 Å². The second-order valence-electron chi connectivity index (χ2n) is 4.69. The molecule has 0 amide bonds. The van der Waals surface area contributed by atoms with E-state index in [0.717, 1.165) is 11.4 Å². The number of benzene rings is 1. The highest BCUT2D eigenvalue weighted by molar-refractivity contribution is 7.09. The lowest BCUT2D eigenvalue weighted by atomic mass is 10.1. The minimum Gasteiger partial charge on any atom is -0.372 e. The van der Waals surface area contributed by atoms with Crippen LogP contribution >= 0.6 is 22.9 Å². The minimum absolute atomic E-state index is 0.307. The molecule has 1 aromatic carbocycles. The molecule has 108 valence electrons. The third kappa shape index (κ3) is 2.84. The number of pyridine rings is 1. The fourth-order valence-electron chi connectivity index (χ4n) is 2.19. The zero-order chi connectivity index (χ0) is 14.8.